The summed E-state index contributed by atoms with van der Waals surface area (Å²) in [6.07, 6.45) is 3.17. The van der Waals surface area contributed by atoms with Gasteiger partial charge in [0.2, 0.25) is 5.91 Å². The van der Waals surface area contributed by atoms with Crippen molar-refractivity contribution in [2.75, 3.05) is 32.8 Å². The number of rotatable bonds is 9. The second-order valence-corrected chi connectivity index (χ2v) is 5.46. The number of hydrogen-bond donors (Lipinski definition) is 1. The smallest absolute Gasteiger partial charge is 0.248 e. The van der Waals surface area contributed by atoms with Crippen LogP contribution in [0, 0.1) is 0 Å². The predicted molar refractivity (Wildman–Crippen MR) is 106 cm³/mol. The summed E-state index contributed by atoms with van der Waals surface area (Å²) in [6.45, 7) is 4.92. The van der Waals surface area contributed by atoms with Crippen molar-refractivity contribution in [1.82, 2.24) is 0 Å². The zero-order valence-electron chi connectivity index (χ0n) is 16.1. The van der Waals surface area contributed by atoms with E-state index in [0.717, 1.165) is 5.56 Å². The van der Waals surface area contributed by atoms with E-state index in [9.17, 15) is 4.79 Å². The standard InChI is InChI=1S/C21H25NO5/c1-5-26-18-11-7-15(13-20(18)27-6-2)8-12-21(23)22-17-10-9-16(24-3)14-19(17)25-4/h7-14H,5-6H2,1-4H3,(H,22,23). The number of nitrogens with one attached hydrogen (secondary N) is 1. The lowest BCUT2D eigenvalue weighted by molar-refractivity contribution is -0.111. The van der Waals surface area contributed by atoms with E-state index in [0.29, 0.717) is 41.9 Å². The lowest BCUT2D eigenvalue weighted by Crippen LogP contribution is -2.09. The number of carbonyl (C=O) groups excluding carboxylic acids is 1. The Morgan fingerprint density at radius 1 is 0.926 bits per heavy atom. The number of amides is 1. The van der Waals surface area contributed by atoms with E-state index in [-0.39, 0.29) is 5.91 Å². The molecule has 0 aromatic heterocycles. The summed E-state index contributed by atoms with van der Waals surface area (Å²) in [5.74, 6) is 2.24. The SMILES string of the molecule is CCOc1ccc(C=CC(=O)Nc2ccc(OC)cc2OC)cc1OCC. The number of anilines is 1. The molecule has 1 N–H and O–H groups in total. The van der Waals surface area contributed by atoms with E-state index in [2.05, 4.69) is 5.32 Å². The summed E-state index contributed by atoms with van der Waals surface area (Å²) in [7, 11) is 3.11. The van der Waals surface area contributed by atoms with Gasteiger partial charge in [-0.15, -0.1) is 0 Å². The average molecular weight is 371 g/mol. The molecular formula is C21H25NO5. The number of benzene rings is 2. The molecule has 6 heteroatoms. The molecule has 0 aliphatic rings. The molecule has 144 valence electrons. The molecule has 0 saturated carbocycles. The van der Waals surface area contributed by atoms with Gasteiger partial charge in [0.1, 0.15) is 11.5 Å². The van der Waals surface area contributed by atoms with Crippen LogP contribution < -0.4 is 24.3 Å². The summed E-state index contributed by atoms with van der Waals surface area (Å²) >= 11 is 0. The first-order valence-corrected chi connectivity index (χ1v) is 8.72. The van der Waals surface area contributed by atoms with Crippen LogP contribution in [0.3, 0.4) is 0 Å². The van der Waals surface area contributed by atoms with E-state index < -0.39 is 0 Å². The summed E-state index contributed by atoms with van der Waals surface area (Å²) in [5.41, 5.74) is 1.40. The lowest BCUT2D eigenvalue weighted by Gasteiger charge is -2.11. The maximum atomic E-state index is 12.2. The van der Waals surface area contributed by atoms with Crippen LogP contribution in [0.25, 0.3) is 6.08 Å². The highest BCUT2D eigenvalue weighted by Crippen LogP contribution is 2.30. The molecule has 0 fully saturated rings. The Labute approximate surface area is 159 Å². The first-order chi connectivity index (χ1) is 13.1. The lowest BCUT2D eigenvalue weighted by atomic mass is 10.2. The van der Waals surface area contributed by atoms with Crippen LogP contribution in [0.4, 0.5) is 5.69 Å². The molecule has 0 heterocycles. The Balaban J connectivity index is 2.11. The minimum absolute atomic E-state index is 0.273. The molecule has 0 aliphatic heterocycles. The molecule has 0 saturated heterocycles. The molecule has 27 heavy (non-hydrogen) atoms. The minimum atomic E-state index is -0.273. The summed E-state index contributed by atoms with van der Waals surface area (Å²) in [5, 5.41) is 2.79. The number of hydrogen-bond acceptors (Lipinski definition) is 5. The normalized spacial score (nSPS) is 10.5. The molecule has 0 spiro atoms. The van der Waals surface area contributed by atoms with Gasteiger partial charge in [-0.05, 0) is 49.8 Å². The summed E-state index contributed by atoms with van der Waals surface area (Å²) in [6, 6.07) is 10.7. The number of carbonyl (C=O) groups is 1. The molecular weight excluding hydrogens is 346 g/mol. The summed E-state index contributed by atoms with van der Waals surface area (Å²) in [4.78, 5) is 12.2. The Morgan fingerprint density at radius 3 is 2.33 bits per heavy atom. The van der Waals surface area contributed by atoms with Crippen LogP contribution >= 0.6 is 0 Å². The molecule has 2 aromatic rings. The van der Waals surface area contributed by atoms with E-state index in [4.69, 9.17) is 18.9 Å². The van der Waals surface area contributed by atoms with E-state index in [1.54, 1.807) is 31.4 Å². The highest BCUT2D eigenvalue weighted by molar-refractivity contribution is 6.02. The van der Waals surface area contributed by atoms with Crippen LogP contribution in [0.5, 0.6) is 23.0 Å². The largest absolute Gasteiger partial charge is 0.497 e. The monoisotopic (exact) mass is 371 g/mol. The third kappa shape index (κ3) is 5.67. The van der Waals surface area contributed by atoms with E-state index in [1.165, 1.54) is 13.2 Å². The maximum absolute atomic E-state index is 12.2. The van der Waals surface area contributed by atoms with Gasteiger partial charge in [-0.25, -0.2) is 0 Å². The van der Waals surface area contributed by atoms with Crippen LogP contribution in [-0.2, 0) is 4.79 Å². The molecule has 2 rings (SSSR count). The van der Waals surface area contributed by atoms with Gasteiger partial charge in [-0.3, -0.25) is 4.79 Å². The van der Waals surface area contributed by atoms with Gasteiger partial charge < -0.3 is 24.3 Å². The minimum Gasteiger partial charge on any atom is -0.497 e. The van der Waals surface area contributed by atoms with Crippen molar-refractivity contribution in [2.24, 2.45) is 0 Å². The second-order valence-electron chi connectivity index (χ2n) is 5.46. The fourth-order valence-electron chi connectivity index (χ4n) is 2.42. The quantitative estimate of drug-likeness (QED) is 0.671. The highest BCUT2D eigenvalue weighted by atomic mass is 16.5. The zero-order valence-corrected chi connectivity index (χ0v) is 16.1. The van der Waals surface area contributed by atoms with Crippen LogP contribution in [-0.4, -0.2) is 33.3 Å². The van der Waals surface area contributed by atoms with Crippen molar-refractivity contribution in [1.29, 1.82) is 0 Å². The van der Waals surface area contributed by atoms with Crippen LogP contribution in [0.2, 0.25) is 0 Å². The van der Waals surface area contributed by atoms with Gasteiger partial charge in [-0.2, -0.15) is 0 Å². The van der Waals surface area contributed by atoms with Crippen LogP contribution in [0.1, 0.15) is 19.4 Å². The molecule has 2 aromatic carbocycles. The third-order valence-corrected chi connectivity index (χ3v) is 3.66. The third-order valence-electron chi connectivity index (χ3n) is 3.66. The number of ether oxygens (including phenoxy) is 4. The van der Waals surface area contributed by atoms with Gasteiger partial charge >= 0.3 is 0 Å². The Kier molecular flexibility index (Phi) is 7.55. The fourth-order valence-corrected chi connectivity index (χ4v) is 2.42. The summed E-state index contributed by atoms with van der Waals surface area (Å²) < 4.78 is 21.6. The van der Waals surface area contributed by atoms with Gasteiger partial charge in [0.25, 0.3) is 0 Å². The second kappa shape index (κ2) is 10.1. The van der Waals surface area contributed by atoms with Crippen molar-refractivity contribution in [3.63, 3.8) is 0 Å². The van der Waals surface area contributed by atoms with Crippen molar-refractivity contribution in [2.45, 2.75) is 13.8 Å². The molecule has 0 unspecified atom stereocenters. The molecule has 0 radical (unpaired) electrons. The maximum Gasteiger partial charge on any atom is 0.248 e. The highest BCUT2D eigenvalue weighted by Gasteiger charge is 2.08. The molecule has 0 bridgehead atoms. The molecule has 0 atom stereocenters. The van der Waals surface area contributed by atoms with Gasteiger partial charge in [0.05, 0.1) is 33.1 Å². The van der Waals surface area contributed by atoms with Crippen molar-refractivity contribution in [3.05, 3.63) is 48.0 Å². The first-order valence-electron chi connectivity index (χ1n) is 8.72. The first kappa shape index (κ1) is 20.2. The number of methoxy groups -OCH3 is 2. The zero-order chi connectivity index (χ0) is 19.6. The van der Waals surface area contributed by atoms with E-state index in [1.807, 2.05) is 32.0 Å². The predicted octanol–water partition coefficient (Wildman–Crippen LogP) is 4.15. The van der Waals surface area contributed by atoms with Gasteiger partial charge in [0, 0.05) is 12.1 Å². The average Bonchev–Trinajstić information content (AvgIpc) is 2.68. The Bertz CT molecular complexity index is 801. The molecule has 1 amide bonds. The van der Waals surface area contributed by atoms with Crippen LogP contribution in [0.15, 0.2) is 42.5 Å². The van der Waals surface area contributed by atoms with Crippen molar-refractivity contribution >= 4 is 17.7 Å². The molecule has 6 nitrogen and oxygen atoms in total. The fraction of sp³-hybridized carbons (Fsp3) is 0.286. The van der Waals surface area contributed by atoms with Gasteiger partial charge in [-0.1, -0.05) is 6.07 Å². The van der Waals surface area contributed by atoms with Crippen molar-refractivity contribution in [3.8, 4) is 23.0 Å². The van der Waals surface area contributed by atoms with Crippen molar-refractivity contribution < 1.29 is 23.7 Å². The Hall–Kier alpha value is -3.15. The van der Waals surface area contributed by atoms with E-state index >= 15 is 0 Å². The Morgan fingerprint density at radius 2 is 1.67 bits per heavy atom. The van der Waals surface area contributed by atoms with Gasteiger partial charge in [0.15, 0.2) is 11.5 Å². The molecule has 0 aliphatic carbocycles. The topological polar surface area (TPSA) is 66.0 Å².